The number of anilines is 1. The summed E-state index contributed by atoms with van der Waals surface area (Å²) in [5.41, 5.74) is 3.68. The summed E-state index contributed by atoms with van der Waals surface area (Å²) < 4.78 is 0. The second-order valence-corrected chi connectivity index (χ2v) is 5.30. The molecule has 1 aliphatic rings. The summed E-state index contributed by atoms with van der Waals surface area (Å²) in [6.07, 6.45) is 3.61. The molecule has 0 atom stereocenters. The zero-order chi connectivity index (χ0) is 14.5. The molecule has 0 aromatic heterocycles. The number of rotatable bonds is 5. The first kappa shape index (κ1) is 14.2. The van der Waals surface area contributed by atoms with Crippen LogP contribution in [0.5, 0.6) is 0 Å². The molecule has 1 saturated carbocycles. The Labute approximate surface area is 118 Å². The fraction of sp³-hybridized carbons (Fsp3) is 0.400. The quantitative estimate of drug-likeness (QED) is 0.639. The maximum Gasteiger partial charge on any atom is 0.271 e. The van der Waals surface area contributed by atoms with Crippen molar-refractivity contribution in [1.29, 1.82) is 0 Å². The molecule has 0 heterocycles. The Bertz CT molecular complexity index is 516. The first-order valence-corrected chi connectivity index (χ1v) is 6.80. The predicted octanol–water partition coefficient (Wildman–Crippen LogP) is 2.41. The third kappa shape index (κ3) is 4.19. The average Bonchev–Trinajstić information content (AvgIpc) is 3.23. The van der Waals surface area contributed by atoms with Crippen molar-refractivity contribution in [2.24, 2.45) is 16.9 Å². The molecule has 5 nitrogen and oxygen atoms in total. The standard InChI is InChI=1S/C15H19N3O2/c1-10(2)9-16-18-15(20)12-5-7-13(8-6-12)17-14(19)11-3-4-11/h5-11H,3-4H2,1-2H3,(H,17,19)(H,18,20)/b16-9+. The number of hydrogen-bond donors (Lipinski definition) is 2. The zero-order valence-electron chi connectivity index (χ0n) is 11.7. The van der Waals surface area contributed by atoms with Crippen molar-refractivity contribution in [2.45, 2.75) is 26.7 Å². The Kier molecular flexibility index (Phi) is 4.50. The molecule has 0 saturated heterocycles. The van der Waals surface area contributed by atoms with Crippen LogP contribution in [0.2, 0.25) is 0 Å². The number of hydrazone groups is 1. The lowest BCUT2D eigenvalue weighted by Crippen LogP contribution is -2.18. The number of nitrogens with zero attached hydrogens (tertiary/aromatic N) is 1. The van der Waals surface area contributed by atoms with E-state index in [0.717, 1.165) is 12.8 Å². The molecule has 1 aromatic carbocycles. The molecule has 0 unspecified atom stereocenters. The van der Waals surface area contributed by atoms with Gasteiger partial charge in [0.25, 0.3) is 5.91 Å². The largest absolute Gasteiger partial charge is 0.326 e. The van der Waals surface area contributed by atoms with Crippen LogP contribution in [0.25, 0.3) is 0 Å². The molecule has 0 bridgehead atoms. The van der Waals surface area contributed by atoms with E-state index in [1.165, 1.54) is 0 Å². The predicted molar refractivity (Wildman–Crippen MR) is 78.6 cm³/mol. The molecule has 0 spiro atoms. The summed E-state index contributed by atoms with van der Waals surface area (Å²) in [5.74, 6) is 0.254. The summed E-state index contributed by atoms with van der Waals surface area (Å²) in [6, 6.07) is 6.79. The lowest BCUT2D eigenvalue weighted by atomic mass is 10.2. The van der Waals surface area contributed by atoms with Crippen LogP contribution in [0.15, 0.2) is 29.4 Å². The Morgan fingerprint density at radius 1 is 1.25 bits per heavy atom. The maximum absolute atomic E-state index is 11.8. The van der Waals surface area contributed by atoms with Crippen molar-refractivity contribution in [3.8, 4) is 0 Å². The van der Waals surface area contributed by atoms with Crippen molar-refractivity contribution in [1.82, 2.24) is 5.43 Å². The zero-order valence-corrected chi connectivity index (χ0v) is 11.7. The topological polar surface area (TPSA) is 70.6 Å². The maximum atomic E-state index is 11.8. The van der Waals surface area contributed by atoms with Gasteiger partial charge in [0.05, 0.1) is 0 Å². The van der Waals surface area contributed by atoms with E-state index in [9.17, 15) is 9.59 Å². The molecule has 5 heteroatoms. The number of carbonyl (C=O) groups is 2. The van der Waals surface area contributed by atoms with Gasteiger partial charge in [-0.1, -0.05) is 13.8 Å². The highest BCUT2D eigenvalue weighted by Gasteiger charge is 2.29. The van der Waals surface area contributed by atoms with Gasteiger partial charge in [0.15, 0.2) is 0 Å². The van der Waals surface area contributed by atoms with Gasteiger partial charge in [0.1, 0.15) is 0 Å². The lowest BCUT2D eigenvalue weighted by Gasteiger charge is -2.05. The minimum atomic E-state index is -0.262. The minimum Gasteiger partial charge on any atom is -0.326 e. The molecule has 1 fully saturated rings. The summed E-state index contributed by atoms with van der Waals surface area (Å²) in [5, 5.41) is 6.68. The highest BCUT2D eigenvalue weighted by atomic mass is 16.2. The molecule has 1 aromatic rings. The van der Waals surface area contributed by atoms with Gasteiger partial charge in [-0.15, -0.1) is 0 Å². The molecule has 0 aliphatic heterocycles. The minimum absolute atomic E-state index is 0.0590. The van der Waals surface area contributed by atoms with Crippen molar-refractivity contribution < 1.29 is 9.59 Å². The molecule has 2 amide bonds. The number of carbonyl (C=O) groups excluding carboxylic acids is 2. The molecular weight excluding hydrogens is 254 g/mol. The monoisotopic (exact) mass is 273 g/mol. The van der Waals surface area contributed by atoms with E-state index in [1.807, 2.05) is 13.8 Å². The van der Waals surface area contributed by atoms with Crippen LogP contribution in [0.3, 0.4) is 0 Å². The number of amides is 2. The van der Waals surface area contributed by atoms with Gasteiger partial charge in [0.2, 0.25) is 5.91 Å². The first-order chi connectivity index (χ1) is 9.56. The summed E-state index contributed by atoms with van der Waals surface area (Å²) >= 11 is 0. The summed E-state index contributed by atoms with van der Waals surface area (Å²) in [4.78, 5) is 23.4. The Morgan fingerprint density at radius 2 is 1.90 bits per heavy atom. The highest BCUT2D eigenvalue weighted by molar-refractivity contribution is 5.96. The van der Waals surface area contributed by atoms with E-state index < -0.39 is 0 Å². The van der Waals surface area contributed by atoms with Gasteiger partial charge in [0, 0.05) is 23.4 Å². The fourth-order valence-electron chi connectivity index (χ4n) is 1.60. The van der Waals surface area contributed by atoms with E-state index in [2.05, 4.69) is 15.8 Å². The fourth-order valence-corrected chi connectivity index (χ4v) is 1.60. The Balaban J connectivity index is 1.89. The normalized spacial score (nSPS) is 14.6. The number of hydrogen-bond acceptors (Lipinski definition) is 3. The highest BCUT2D eigenvalue weighted by Crippen LogP contribution is 2.30. The third-order valence-electron chi connectivity index (χ3n) is 2.90. The van der Waals surface area contributed by atoms with E-state index in [-0.39, 0.29) is 23.7 Å². The second kappa shape index (κ2) is 6.32. The Morgan fingerprint density at radius 3 is 2.45 bits per heavy atom. The SMILES string of the molecule is CC(C)/C=N/NC(=O)c1ccc(NC(=O)C2CC2)cc1. The van der Waals surface area contributed by atoms with Crippen LogP contribution >= 0.6 is 0 Å². The second-order valence-electron chi connectivity index (χ2n) is 5.30. The van der Waals surface area contributed by atoms with Crippen molar-refractivity contribution in [3.63, 3.8) is 0 Å². The molecule has 106 valence electrons. The molecule has 2 rings (SSSR count). The van der Waals surface area contributed by atoms with Crippen LogP contribution in [0, 0.1) is 11.8 Å². The lowest BCUT2D eigenvalue weighted by molar-refractivity contribution is -0.117. The summed E-state index contributed by atoms with van der Waals surface area (Å²) in [7, 11) is 0. The third-order valence-corrected chi connectivity index (χ3v) is 2.90. The number of benzene rings is 1. The van der Waals surface area contributed by atoms with Gasteiger partial charge < -0.3 is 5.32 Å². The van der Waals surface area contributed by atoms with Crippen LogP contribution in [0.1, 0.15) is 37.0 Å². The van der Waals surface area contributed by atoms with Gasteiger partial charge in [-0.25, -0.2) is 5.43 Å². The van der Waals surface area contributed by atoms with Gasteiger partial charge in [-0.3, -0.25) is 9.59 Å². The molecular formula is C15H19N3O2. The molecule has 0 radical (unpaired) electrons. The van der Waals surface area contributed by atoms with Crippen molar-refractivity contribution in [2.75, 3.05) is 5.32 Å². The average molecular weight is 273 g/mol. The first-order valence-electron chi connectivity index (χ1n) is 6.80. The van der Waals surface area contributed by atoms with Crippen LogP contribution in [-0.4, -0.2) is 18.0 Å². The van der Waals surface area contributed by atoms with E-state index in [4.69, 9.17) is 0 Å². The van der Waals surface area contributed by atoms with Gasteiger partial charge in [-0.2, -0.15) is 5.10 Å². The van der Waals surface area contributed by atoms with E-state index in [0.29, 0.717) is 11.3 Å². The van der Waals surface area contributed by atoms with Crippen LogP contribution in [-0.2, 0) is 4.79 Å². The summed E-state index contributed by atoms with van der Waals surface area (Å²) in [6.45, 7) is 3.96. The molecule has 1 aliphatic carbocycles. The van der Waals surface area contributed by atoms with Crippen molar-refractivity contribution >= 4 is 23.7 Å². The van der Waals surface area contributed by atoms with Gasteiger partial charge >= 0.3 is 0 Å². The van der Waals surface area contributed by atoms with E-state index in [1.54, 1.807) is 30.5 Å². The Hall–Kier alpha value is -2.17. The van der Waals surface area contributed by atoms with Crippen LogP contribution < -0.4 is 10.7 Å². The molecule has 20 heavy (non-hydrogen) atoms. The van der Waals surface area contributed by atoms with Gasteiger partial charge in [-0.05, 0) is 43.0 Å². The molecule has 2 N–H and O–H groups in total. The van der Waals surface area contributed by atoms with E-state index >= 15 is 0 Å². The smallest absolute Gasteiger partial charge is 0.271 e. The number of nitrogens with one attached hydrogen (secondary N) is 2. The van der Waals surface area contributed by atoms with Crippen LogP contribution in [0.4, 0.5) is 5.69 Å². The van der Waals surface area contributed by atoms with Crippen molar-refractivity contribution in [3.05, 3.63) is 29.8 Å².